The number of hydrogen-bond acceptors (Lipinski definition) is 4. The van der Waals surface area contributed by atoms with E-state index < -0.39 is 0 Å². The monoisotopic (exact) mass is 998 g/mol. The quantitative estimate of drug-likeness (QED) is 0.151. The van der Waals surface area contributed by atoms with E-state index in [0.29, 0.717) is 0 Å². The maximum Gasteiger partial charge on any atom is 0.0902 e. The first-order valence-corrected chi connectivity index (χ1v) is 29.0. The molecule has 0 unspecified atom stereocenters. The SMILES string of the molecule is CC.CC.CC.CC.CC.CC.CC.CC.CC.CC.CC.CC.CC.CC.Cc1ccccc1.Cc1ccccc1.c1ccccc1.c1ccncc1.c1ccoc1.c1ccsc1.c1ccsc1. The molecule has 406 valence electrons. The minimum absolute atomic E-state index is 1.32. The average molecular weight is 999 g/mol. The molecule has 0 saturated heterocycles. The van der Waals surface area contributed by atoms with E-state index in [2.05, 4.69) is 47.5 Å². The number of rotatable bonds is 0. The number of hydrogen-bond donors (Lipinski definition) is 0. The Hall–Kier alpha value is -4.51. The minimum atomic E-state index is 1.32. The first-order valence-electron chi connectivity index (χ1n) is 27.1. The summed E-state index contributed by atoms with van der Waals surface area (Å²) in [5, 5.41) is 8.17. The topological polar surface area (TPSA) is 26.0 Å². The lowest BCUT2D eigenvalue weighted by atomic mass is 10.2. The number of aryl methyl sites for hydroxylation is 2. The van der Waals surface area contributed by atoms with E-state index in [1.54, 1.807) is 47.6 Å². The molecule has 0 N–H and O–H groups in total. The van der Waals surface area contributed by atoms with Crippen molar-refractivity contribution in [2.24, 2.45) is 0 Å². The minimum Gasteiger partial charge on any atom is -0.473 e. The molecule has 0 saturated carbocycles. The third-order valence-corrected chi connectivity index (χ3v) is 5.65. The highest BCUT2D eigenvalue weighted by atomic mass is 32.1. The largest absolute Gasteiger partial charge is 0.473 e. The van der Waals surface area contributed by atoms with Crippen LogP contribution in [0.4, 0.5) is 0 Å². The lowest BCUT2D eigenvalue weighted by molar-refractivity contribution is 0.567. The fraction of sp³-hybridized carbons (Fsp3) is 0.462. The lowest BCUT2D eigenvalue weighted by Gasteiger charge is -1.82. The standard InChI is InChI=1S/2C7H8.C6H6.C5H5N.C4H4O.2C4H4S.14C2H6/c2*1-7-5-3-2-4-6-7;2*1-2-4-6-5-3-1;3*1-2-4-5-3-1;14*1-2/h2*2-6H,1H3;1-6H;1-5H;3*1-4H;14*1-2H3. The van der Waals surface area contributed by atoms with Crippen LogP contribution in [0, 0.1) is 13.8 Å². The van der Waals surface area contributed by atoms with Crippen molar-refractivity contribution in [3.05, 3.63) is 209 Å². The van der Waals surface area contributed by atoms with Crippen molar-refractivity contribution in [2.45, 2.75) is 208 Å². The van der Waals surface area contributed by atoms with E-state index in [4.69, 9.17) is 0 Å². The van der Waals surface area contributed by atoms with Crippen LogP contribution in [-0.2, 0) is 0 Å². The predicted molar refractivity (Wildman–Crippen MR) is 339 cm³/mol. The smallest absolute Gasteiger partial charge is 0.0902 e. The first-order chi connectivity index (χ1) is 34.3. The Morgan fingerprint density at radius 1 is 0.246 bits per heavy atom. The maximum atomic E-state index is 4.58. The van der Waals surface area contributed by atoms with Crippen LogP contribution >= 0.6 is 22.7 Å². The molecule has 0 aliphatic heterocycles. The van der Waals surface area contributed by atoms with E-state index in [-0.39, 0.29) is 0 Å². The van der Waals surface area contributed by atoms with Crippen molar-refractivity contribution in [1.29, 1.82) is 0 Å². The summed E-state index contributed by atoms with van der Waals surface area (Å²) in [4.78, 5) is 3.78. The van der Waals surface area contributed by atoms with Crippen LogP contribution in [0.5, 0.6) is 0 Å². The van der Waals surface area contributed by atoms with Gasteiger partial charge >= 0.3 is 0 Å². The van der Waals surface area contributed by atoms with E-state index in [1.807, 2.05) is 343 Å². The average Bonchev–Trinajstić information content (AvgIpc) is 4.39. The Morgan fingerprint density at radius 3 is 0.522 bits per heavy atom. The predicted octanol–water partition coefficient (Wildman–Crippen LogP) is 25.9. The zero-order chi connectivity index (χ0) is 57.3. The molecule has 7 aromatic rings. The second-order valence-corrected chi connectivity index (χ2v) is 9.50. The van der Waals surface area contributed by atoms with Gasteiger partial charge in [0.05, 0.1) is 12.5 Å². The molecule has 2 nitrogen and oxygen atoms in total. The van der Waals surface area contributed by atoms with E-state index in [0.717, 1.165) is 0 Å². The molecule has 0 amide bonds. The molecular weight excluding hydrogens is 875 g/mol. The summed E-state index contributed by atoms with van der Waals surface area (Å²) >= 11 is 3.43. The number of pyridine rings is 1. The van der Waals surface area contributed by atoms with Gasteiger partial charge < -0.3 is 4.42 Å². The Balaban J connectivity index is -0.0000000394. The van der Waals surface area contributed by atoms with Crippen molar-refractivity contribution in [3.8, 4) is 0 Å². The van der Waals surface area contributed by atoms with Crippen molar-refractivity contribution in [1.82, 2.24) is 4.98 Å². The number of thiophene rings is 2. The zero-order valence-corrected chi connectivity index (χ0v) is 53.4. The van der Waals surface area contributed by atoms with Gasteiger partial charge in [-0.1, -0.05) is 332 Å². The fourth-order valence-electron chi connectivity index (χ4n) is 2.45. The van der Waals surface area contributed by atoms with Gasteiger partial charge in [0.2, 0.25) is 0 Å². The van der Waals surface area contributed by atoms with Crippen molar-refractivity contribution >= 4 is 22.7 Å². The van der Waals surface area contributed by atoms with Crippen LogP contribution in [-0.4, -0.2) is 4.98 Å². The summed E-state index contributed by atoms with van der Waals surface area (Å²) in [6, 6.07) is 50.0. The molecule has 0 bridgehead atoms. The first kappa shape index (κ1) is 102. The lowest BCUT2D eigenvalue weighted by Crippen LogP contribution is -1.62. The van der Waals surface area contributed by atoms with Gasteiger partial charge in [-0.05, 0) is 59.6 Å². The van der Waals surface area contributed by atoms with Gasteiger partial charge in [0.1, 0.15) is 0 Å². The maximum absolute atomic E-state index is 4.58. The van der Waals surface area contributed by atoms with Gasteiger partial charge in [-0.3, -0.25) is 4.98 Å². The highest BCUT2D eigenvalue weighted by Gasteiger charge is 1.73. The summed E-state index contributed by atoms with van der Waals surface area (Å²) in [7, 11) is 0. The Morgan fingerprint density at radius 2 is 0.435 bits per heavy atom. The Kier molecular flexibility index (Phi) is 247. The summed E-state index contributed by atoms with van der Waals surface area (Å²) in [5.74, 6) is 0. The Labute approximate surface area is 446 Å². The normalized spacial score (nSPS) is 6.12. The van der Waals surface area contributed by atoms with Crippen LogP contribution in [0.25, 0.3) is 0 Å². The van der Waals surface area contributed by atoms with Gasteiger partial charge in [0.15, 0.2) is 0 Å². The molecule has 69 heavy (non-hydrogen) atoms. The van der Waals surface area contributed by atoms with Crippen LogP contribution in [0.1, 0.15) is 205 Å². The van der Waals surface area contributed by atoms with Gasteiger partial charge in [-0.2, -0.15) is 22.7 Å². The number of benzene rings is 3. The molecule has 0 aliphatic rings. The van der Waals surface area contributed by atoms with Crippen molar-refractivity contribution < 1.29 is 4.42 Å². The van der Waals surface area contributed by atoms with E-state index in [1.165, 1.54) is 11.1 Å². The van der Waals surface area contributed by atoms with Crippen LogP contribution in [0.3, 0.4) is 0 Å². The third-order valence-electron chi connectivity index (χ3n) is 4.39. The van der Waals surface area contributed by atoms with Gasteiger partial charge in [-0.25, -0.2) is 0 Å². The summed E-state index contributed by atoms with van der Waals surface area (Å²) < 4.78 is 4.58. The molecule has 0 atom stereocenters. The fourth-order valence-corrected chi connectivity index (χ4v) is 3.35. The highest BCUT2D eigenvalue weighted by molar-refractivity contribution is 7.08. The van der Waals surface area contributed by atoms with E-state index in [9.17, 15) is 0 Å². The summed E-state index contributed by atoms with van der Waals surface area (Å²) in [6.45, 7) is 60.2. The number of aromatic nitrogens is 1. The molecule has 3 aromatic carbocycles. The van der Waals surface area contributed by atoms with E-state index >= 15 is 0 Å². The summed E-state index contributed by atoms with van der Waals surface area (Å²) in [5.41, 5.74) is 2.64. The third kappa shape index (κ3) is 162. The van der Waals surface area contributed by atoms with Gasteiger partial charge in [0, 0.05) is 12.4 Å². The molecule has 0 aliphatic carbocycles. The van der Waals surface area contributed by atoms with Crippen LogP contribution in [0.2, 0.25) is 0 Å². The molecule has 4 heterocycles. The van der Waals surface area contributed by atoms with Crippen molar-refractivity contribution in [3.63, 3.8) is 0 Å². The number of nitrogens with zero attached hydrogens (tertiary/aromatic N) is 1. The van der Waals surface area contributed by atoms with Crippen LogP contribution < -0.4 is 0 Å². The molecule has 4 aromatic heterocycles. The molecular formula is C65H123NOS2. The molecule has 7 rings (SSSR count). The molecule has 0 spiro atoms. The second-order valence-electron chi connectivity index (χ2n) is 7.87. The molecule has 4 heteroatoms. The van der Waals surface area contributed by atoms with Gasteiger partial charge in [0.25, 0.3) is 0 Å². The summed E-state index contributed by atoms with van der Waals surface area (Å²) in [6.07, 6.45) is 6.75. The zero-order valence-electron chi connectivity index (χ0n) is 51.7. The highest BCUT2D eigenvalue weighted by Crippen LogP contribution is 1.94. The van der Waals surface area contributed by atoms with Crippen LogP contribution in [0.15, 0.2) is 203 Å². The molecule has 0 fully saturated rings. The molecule has 0 radical (unpaired) electrons. The second kappa shape index (κ2) is 167. The van der Waals surface area contributed by atoms with Gasteiger partial charge in [-0.15, -0.1) is 0 Å². The number of furan rings is 1. The Bertz CT molecular complexity index is 1080. The van der Waals surface area contributed by atoms with Crippen molar-refractivity contribution in [2.75, 3.05) is 0 Å².